The maximum atomic E-state index is 14.1. The summed E-state index contributed by atoms with van der Waals surface area (Å²) < 4.78 is 19.7. The van der Waals surface area contributed by atoms with E-state index in [2.05, 4.69) is 36.6 Å². The summed E-state index contributed by atoms with van der Waals surface area (Å²) in [7, 11) is 0. The lowest BCUT2D eigenvalue weighted by Crippen LogP contribution is -3.28. The van der Waals surface area contributed by atoms with Crippen LogP contribution in [0.15, 0.2) is 12.2 Å². The molecular formula is C45H83N6O5+. The Hall–Kier alpha value is -1.60. The van der Waals surface area contributed by atoms with Crippen LogP contribution in [-0.2, 0) is 23.8 Å². The number of carbonyl (C=O) groups is 2. The third-order valence-corrected chi connectivity index (χ3v) is 13.6. The minimum absolute atomic E-state index is 0.0125. The van der Waals surface area contributed by atoms with Gasteiger partial charge in [-0.2, -0.15) is 0 Å². The number of rotatable bonds is 26. The topological polar surface area (TPSA) is 146 Å². The molecule has 5 aliphatic heterocycles. The van der Waals surface area contributed by atoms with Crippen molar-refractivity contribution >= 4 is 11.9 Å². The second kappa shape index (κ2) is 23.9. The van der Waals surface area contributed by atoms with E-state index < -0.39 is 5.72 Å². The summed E-state index contributed by atoms with van der Waals surface area (Å²) in [6.07, 6.45) is 33.1. The number of hydrogen-bond donors (Lipinski definition) is 5. The normalized spacial score (nSPS) is 32.4. The largest absolute Gasteiger partial charge is 0.465 e. The highest BCUT2D eigenvalue weighted by molar-refractivity contribution is 5.76. The molecule has 0 radical (unpaired) electrons. The number of quaternary nitrogens is 1. The maximum absolute atomic E-state index is 14.1. The van der Waals surface area contributed by atoms with Crippen LogP contribution in [0.1, 0.15) is 181 Å². The molecule has 2 unspecified atom stereocenters. The van der Waals surface area contributed by atoms with E-state index in [0.717, 1.165) is 116 Å². The molecule has 5 fully saturated rings. The van der Waals surface area contributed by atoms with Crippen LogP contribution >= 0.6 is 0 Å². The molecule has 0 aromatic carbocycles. The van der Waals surface area contributed by atoms with Gasteiger partial charge in [0.15, 0.2) is 5.92 Å². The first-order valence-electron chi connectivity index (χ1n) is 23.6. The second-order valence-corrected chi connectivity index (χ2v) is 18.1. The Labute approximate surface area is 340 Å². The van der Waals surface area contributed by atoms with Crippen molar-refractivity contribution in [1.82, 2.24) is 15.5 Å². The number of unbranched alkanes of at least 4 members (excludes halogenated alkanes) is 13. The predicted molar refractivity (Wildman–Crippen MR) is 223 cm³/mol. The van der Waals surface area contributed by atoms with Gasteiger partial charge in [-0.15, -0.1) is 0 Å². The SMILES string of the molecule is CC/C=C/[C@@H]1CC[C@]2(C[C@H]3CC[C@H]4[C@@H](C(=O)OCCCCCCCCCCCCCCCC(=O)N(CCCN)CCCCN)[C@@]5(CCC[C@H](C)O5)NC(N2)[NH+]34)O1. The lowest BCUT2D eigenvalue weighted by Gasteiger charge is -2.57. The summed E-state index contributed by atoms with van der Waals surface area (Å²) in [6, 6.07) is 0.664. The molecule has 0 aromatic rings. The lowest BCUT2D eigenvalue weighted by molar-refractivity contribution is -0.985. The van der Waals surface area contributed by atoms with Gasteiger partial charge in [-0.3, -0.25) is 9.59 Å². The standard InChI is InChI=1S/C45H82N6O5/c1-3-4-23-38-27-29-44(56-38)35-37-25-26-39-41(45(28-20-22-36(2)55-45)49-43(48-44)51(37)39)42(53)54-34-19-15-13-11-9-7-5-6-8-10-12-14-16-24-40(52)50(33-21-31-47)32-18-17-30-46/h4,23,36-39,41,43,48-49H,3,5-22,24-35,46-47H2,1-2H3/p+1/b23-4+/t36-,37+,38+,39-,41-,43?,44+,45-/m0/s1. The highest BCUT2D eigenvalue weighted by Gasteiger charge is 2.67. The van der Waals surface area contributed by atoms with E-state index in [1.165, 1.54) is 62.7 Å². The molecule has 0 aliphatic carbocycles. The van der Waals surface area contributed by atoms with Crippen molar-refractivity contribution in [2.45, 2.75) is 223 Å². The zero-order chi connectivity index (χ0) is 39.6. The van der Waals surface area contributed by atoms with Gasteiger partial charge in [0.1, 0.15) is 17.5 Å². The third-order valence-electron chi connectivity index (χ3n) is 13.6. The van der Waals surface area contributed by atoms with Gasteiger partial charge in [0.2, 0.25) is 12.2 Å². The number of amides is 1. The van der Waals surface area contributed by atoms with Crippen molar-refractivity contribution in [1.29, 1.82) is 0 Å². The number of nitrogens with one attached hydrogen (secondary N) is 3. The minimum Gasteiger partial charge on any atom is -0.465 e. The van der Waals surface area contributed by atoms with Crippen LogP contribution in [0.25, 0.3) is 0 Å². The lowest BCUT2D eigenvalue weighted by atomic mass is 9.79. The fourth-order valence-corrected chi connectivity index (χ4v) is 10.7. The number of allylic oxidation sites excluding steroid dienone is 1. The Morgan fingerprint density at radius 1 is 0.804 bits per heavy atom. The van der Waals surface area contributed by atoms with Crippen LogP contribution in [0, 0.1) is 5.92 Å². The molecule has 0 bridgehead atoms. The van der Waals surface area contributed by atoms with Crippen LogP contribution < -0.4 is 27.0 Å². The average molecular weight is 788 g/mol. The van der Waals surface area contributed by atoms with Crippen molar-refractivity contribution in [3.05, 3.63) is 12.2 Å². The first kappa shape index (κ1) is 45.5. The number of esters is 1. The average Bonchev–Trinajstić information content (AvgIpc) is 3.78. The Bertz CT molecular complexity index is 1190. The molecule has 11 nitrogen and oxygen atoms in total. The van der Waals surface area contributed by atoms with Crippen LogP contribution in [0.4, 0.5) is 0 Å². The molecule has 9 atom stereocenters. The number of nitrogens with two attached hydrogens (primary N) is 2. The molecule has 5 aliphatic rings. The van der Waals surface area contributed by atoms with E-state index in [1.807, 2.05) is 4.90 Å². The van der Waals surface area contributed by atoms with Gasteiger partial charge in [-0.05, 0) is 90.6 Å². The molecule has 5 saturated heterocycles. The van der Waals surface area contributed by atoms with Gasteiger partial charge in [0, 0.05) is 38.8 Å². The summed E-state index contributed by atoms with van der Waals surface area (Å²) >= 11 is 0. The maximum Gasteiger partial charge on any atom is 0.319 e. The zero-order valence-electron chi connectivity index (χ0n) is 35.7. The van der Waals surface area contributed by atoms with Crippen molar-refractivity contribution in [2.24, 2.45) is 17.4 Å². The van der Waals surface area contributed by atoms with E-state index in [1.54, 1.807) is 0 Å². The molecule has 0 aromatic heterocycles. The van der Waals surface area contributed by atoms with E-state index in [0.29, 0.717) is 32.2 Å². The summed E-state index contributed by atoms with van der Waals surface area (Å²) in [4.78, 5) is 30.2. The van der Waals surface area contributed by atoms with Gasteiger partial charge >= 0.3 is 5.97 Å². The number of ether oxygens (including phenoxy) is 3. The van der Waals surface area contributed by atoms with Gasteiger partial charge in [-0.25, -0.2) is 10.6 Å². The molecule has 11 heteroatoms. The first-order valence-corrected chi connectivity index (χ1v) is 23.6. The zero-order valence-corrected chi connectivity index (χ0v) is 35.7. The first-order chi connectivity index (χ1) is 27.3. The molecular weight excluding hydrogens is 705 g/mol. The van der Waals surface area contributed by atoms with Crippen LogP contribution in [0.5, 0.6) is 0 Å². The minimum atomic E-state index is -0.689. The Morgan fingerprint density at radius 2 is 1.48 bits per heavy atom. The third kappa shape index (κ3) is 12.9. The van der Waals surface area contributed by atoms with Gasteiger partial charge in [-0.1, -0.05) is 89.7 Å². The van der Waals surface area contributed by atoms with Gasteiger partial charge in [0.25, 0.3) is 0 Å². The van der Waals surface area contributed by atoms with Crippen molar-refractivity contribution < 1.29 is 28.7 Å². The van der Waals surface area contributed by atoms with E-state index in [-0.39, 0.29) is 48.1 Å². The number of carbonyl (C=O) groups excluding carboxylic acids is 2. The van der Waals surface area contributed by atoms with Crippen LogP contribution in [-0.4, -0.2) is 91.6 Å². The van der Waals surface area contributed by atoms with Crippen molar-refractivity contribution in [3.8, 4) is 0 Å². The molecule has 322 valence electrons. The van der Waals surface area contributed by atoms with Gasteiger partial charge in [0.05, 0.1) is 24.9 Å². The molecule has 1 amide bonds. The summed E-state index contributed by atoms with van der Waals surface area (Å²) in [5, 5.41) is 7.87. The summed E-state index contributed by atoms with van der Waals surface area (Å²) in [6.45, 7) is 7.74. The Kier molecular flexibility index (Phi) is 19.4. The highest BCUT2D eigenvalue weighted by atomic mass is 16.6. The second-order valence-electron chi connectivity index (χ2n) is 18.1. The molecule has 0 saturated carbocycles. The van der Waals surface area contributed by atoms with Crippen molar-refractivity contribution in [3.63, 3.8) is 0 Å². The van der Waals surface area contributed by atoms with Gasteiger partial charge < -0.3 is 35.5 Å². The number of nitrogens with zero attached hydrogens (tertiary/aromatic N) is 1. The predicted octanol–water partition coefficient (Wildman–Crippen LogP) is 5.95. The summed E-state index contributed by atoms with van der Waals surface area (Å²) in [5.41, 5.74) is 10.3. The van der Waals surface area contributed by atoms with Crippen molar-refractivity contribution in [2.75, 3.05) is 32.8 Å². The molecule has 5 heterocycles. The summed E-state index contributed by atoms with van der Waals surface area (Å²) in [5.74, 6) is -0.0580. The fraction of sp³-hybridized carbons (Fsp3) is 0.911. The molecule has 2 spiro atoms. The molecule has 7 N–H and O–H groups in total. The highest BCUT2D eigenvalue weighted by Crippen LogP contribution is 2.43. The van der Waals surface area contributed by atoms with E-state index in [9.17, 15) is 9.59 Å². The van der Waals surface area contributed by atoms with Crippen LogP contribution in [0.2, 0.25) is 0 Å². The van der Waals surface area contributed by atoms with Crippen LogP contribution in [0.3, 0.4) is 0 Å². The van der Waals surface area contributed by atoms with E-state index >= 15 is 0 Å². The smallest absolute Gasteiger partial charge is 0.319 e. The number of hydrogen-bond acceptors (Lipinski definition) is 9. The molecule has 5 rings (SSSR count). The Morgan fingerprint density at radius 3 is 2.16 bits per heavy atom. The fourth-order valence-electron chi connectivity index (χ4n) is 10.7. The molecule has 56 heavy (non-hydrogen) atoms. The quantitative estimate of drug-likeness (QED) is 0.0409. The van der Waals surface area contributed by atoms with E-state index in [4.69, 9.17) is 25.7 Å². The monoisotopic (exact) mass is 788 g/mol. The Balaban J connectivity index is 0.927.